The van der Waals surface area contributed by atoms with Crippen LogP contribution in [-0.2, 0) is 0 Å². The minimum absolute atomic E-state index is 0.00131. The zero-order valence-electron chi connectivity index (χ0n) is 15.4. The second-order valence-electron chi connectivity index (χ2n) is 7.02. The van der Waals surface area contributed by atoms with Crippen LogP contribution in [-0.4, -0.2) is 70.0 Å². The predicted molar refractivity (Wildman–Crippen MR) is 93.2 cm³/mol. The summed E-state index contributed by atoms with van der Waals surface area (Å²) < 4.78 is 1.88. The van der Waals surface area contributed by atoms with Crippen molar-refractivity contribution in [2.24, 2.45) is 5.41 Å². The zero-order chi connectivity index (χ0) is 18.0. The lowest BCUT2D eigenvalue weighted by molar-refractivity contribution is -0.0227. The van der Waals surface area contributed by atoms with Gasteiger partial charge >= 0.3 is 6.03 Å². The van der Waals surface area contributed by atoms with Gasteiger partial charge in [0.05, 0.1) is 12.2 Å². The van der Waals surface area contributed by atoms with E-state index in [1.54, 1.807) is 18.1 Å². The van der Waals surface area contributed by atoms with E-state index in [4.69, 9.17) is 0 Å². The number of piperidine rings is 1. The minimum Gasteiger partial charge on any atom is -0.341 e. The average molecular weight is 348 g/mol. The Morgan fingerprint density at radius 3 is 2.48 bits per heavy atom. The molecule has 1 aliphatic carbocycles. The lowest BCUT2D eigenvalue weighted by atomic mass is 9.59. The SMILES string of the molecule is CCN(CC)C(=O)c1cn(C2CCC23CCN(C(=O)NC)CC3)nn1. The number of nitrogens with one attached hydrogen (secondary N) is 1. The molecule has 0 bridgehead atoms. The zero-order valence-corrected chi connectivity index (χ0v) is 15.4. The number of hydrogen-bond donors (Lipinski definition) is 1. The fraction of sp³-hybridized carbons (Fsp3) is 0.765. The molecule has 1 saturated heterocycles. The first-order valence-corrected chi connectivity index (χ1v) is 9.22. The van der Waals surface area contributed by atoms with Gasteiger partial charge in [-0.05, 0) is 44.9 Å². The van der Waals surface area contributed by atoms with E-state index in [-0.39, 0.29) is 23.4 Å². The van der Waals surface area contributed by atoms with Crippen molar-refractivity contribution in [3.63, 3.8) is 0 Å². The minimum atomic E-state index is -0.0564. The molecule has 1 saturated carbocycles. The Kier molecular flexibility index (Phi) is 4.96. The van der Waals surface area contributed by atoms with Crippen LogP contribution >= 0.6 is 0 Å². The third kappa shape index (κ3) is 3.09. The number of hydrogen-bond acceptors (Lipinski definition) is 4. The van der Waals surface area contributed by atoms with Crippen LogP contribution < -0.4 is 5.32 Å². The summed E-state index contributed by atoms with van der Waals surface area (Å²) in [4.78, 5) is 27.8. The molecule has 0 aromatic carbocycles. The van der Waals surface area contributed by atoms with Crippen molar-refractivity contribution in [2.75, 3.05) is 33.2 Å². The van der Waals surface area contributed by atoms with E-state index >= 15 is 0 Å². The van der Waals surface area contributed by atoms with Crippen molar-refractivity contribution in [1.82, 2.24) is 30.1 Å². The van der Waals surface area contributed by atoms with E-state index in [0.717, 1.165) is 38.8 Å². The van der Waals surface area contributed by atoms with Gasteiger partial charge in [-0.25, -0.2) is 9.48 Å². The van der Waals surface area contributed by atoms with Crippen LogP contribution in [0.4, 0.5) is 4.79 Å². The maximum atomic E-state index is 12.4. The Balaban J connectivity index is 1.68. The molecule has 1 atom stereocenters. The molecule has 1 aromatic rings. The van der Waals surface area contributed by atoms with Crippen LogP contribution in [0.15, 0.2) is 6.20 Å². The Hall–Kier alpha value is -2.12. The van der Waals surface area contributed by atoms with Gasteiger partial charge in [0.2, 0.25) is 0 Å². The highest BCUT2D eigenvalue weighted by atomic mass is 16.2. The Bertz CT molecular complexity index is 631. The normalized spacial score (nSPS) is 21.7. The monoisotopic (exact) mass is 348 g/mol. The van der Waals surface area contributed by atoms with E-state index in [0.29, 0.717) is 18.8 Å². The number of rotatable bonds is 4. The quantitative estimate of drug-likeness (QED) is 0.894. The van der Waals surface area contributed by atoms with E-state index in [9.17, 15) is 9.59 Å². The third-order valence-corrected chi connectivity index (χ3v) is 5.98. The number of carbonyl (C=O) groups excluding carboxylic acids is 2. The van der Waals surface area contributed by atoms with Crippen molar-refractivity contribution in [3.8, 4) is 0 Å². The molecule has 1 spiro atoms. The van der Waals surface area contributed by atoms with Gasteiger partial charge in [-0.2, -0.15) is 0 Å². The molecule has 1 unspecified atom stereocenters. The van der Waals surface area contributed by atoms with Gasteiger partial charge in [0.1, 0.15) is 0 Å². The second-order valence-corrected chi connectivity index (χ2v) is 7.02. The summed E-state index contributed by atoms with van der Waals surface area (Å²) in [6.07, 6.45) is 5.96. The highest BCUT2D eigenvalue weighted by Gasteiger charge is 2.50. The molecule has 3 rings (SSSR count). The Labute approximate surface area is 148 Å². The van der Waals surface area contributed by atoms with E-state index in [1.165, 1.54) is 0 Å². The third-order valence-electron chi connectivity index (χ3n) is 5.98. The van der Waals surface area contributed by atoms with Gasteiger partial charge in [-0.15, -0.1) is 5.10 Å². The molecular formula is C17H28N6O2. The molecule has 138 valence electrons. The van der Waals surface area contributed by atoms with Crippen LogP contribution in [0.3, 0.4) is 0 Å². The largest absolute Gasteiger partial charge is 0.341 e. The van der Waals surface area contributed by atoms with Crippen molar-refractivity contribution >= 4 is 11.9 Å². The summed E-state index contributed by atoms with van der Waals surface area (Å²) in [6, 6.07) is 0.281. The number of aromatic nitrogens is 3. The number of likely N-dealkylation sites (tertiary alicyclic amines) is 1. The highest BCUT2D eigenvalue weighted by Crippen LogP contribution is 2.56. The summed E-state index contributed by atoms with van der Waals surface area (Å²) in [6.45, 7) is 6.82. The smallest absolute Gasteiger partial charge is 0.317 e. The van der Waals surface area contributed by atoms with Crippen molar-refractivity contribution < 1.29 is 9.59 Å². The van der Waals surface area contributed by atoms with Gasteiger partial charge in [-0.3, -0.25) is 4.79 Å². The molecule has 2 heterocycles. The predicted octanol–water partition coefficient (Wildman–Crippen LogP) is 1.52. The van der Waals surface area contributed by atoms with Gasteiger partial charge in [0, 0.05) is 33.2 Å². The summed E-state index contributed by atoms with van der Waals surface area (Å²) in [7, 11) is 1.67. The lowest BCUT2D eigenvalue weighted by Crippen LogP contribution is -2.52. The molecule has 2 fully saturated rings. The summed E-state index contributed by atoms with van der Waals surface area (Å²) in [5, 5.41) is 11.1. The highest BCUT2D eigenvalue weighted by molar-refractivity contribution is 5.91. The molecule has 3 amide bonds. The van der Waals surface area contributed by atoms with E-state index < -0.39 is 0 Å². The van der Waals surface area contributed by atoms with Crippen LogP contribution in [0.5, 0.6) is 0 Å². The molecule has 1 aliphatic heterocycles. The Morgan fingerprint density at radius 2 is 1.96 bits per heavy atom. The summed E-state index contributed by atoms with van der Waals surface area (Å²) in [5.41, 5.74) is 0.613. The Morgan fingerprint density at radius 1 is 1.28 bits per heavy atom. The van der Waals surface area contributed by atoms with Crippen LogP contribution in [0, 0.1) is 5.41 Å². The van der Waals surface area contributed by atoms with Crippen molar-refractivity contribution in [3.05, 3.63) is 11.9 Å². The maximum absolute atomic E-state index is 12.4. The summed E-state index contributed by atoms with van der Waals surface area (Å²) in [5.74, 6) is -0.0564. The second kappa shape index (κ2) is 7.01. The van der Waals surface area contributed by atoms with Crippen LogP contribution in [0.2, 0.25) is 0 Å². The fourth-order valence-corrected chi connectivity index (χ4v) is 4.19. The molecule has 1 aromatic heterocycles. The number of carbonyl (C=O) groups is 2. The van der Waals surface area contributed by atoms with Gasteiger partial charge in [0.15, 0.2) is 5.69 Å². The molecule has 8 nitrogen and oxygen atoms in total. The topological polar surface area (TPSA) is 83.4 Å². The van der Waals surface area contributed by atoms with Gasteiger partial charge < -0.3 is 15.1 Å². The summed E-state index contributed by atoms with van der Waals surface area (Å²) >= 11 is 0. The molecular weight excluding hydrogens is 320 g/mol. The first-order chi connectivity index (χ1) is 12.0. The van der Waals surface area contributed by atoms with Gasteiger partial charge in [-0.1, -0.05) is 5.21 Å². The molecule has 8 heteroatoms. The van der Waals surface area contributed by atoms with E-state index in [2.05, 4.69) is 15.6 Å². The average Bonchev–Trinajstić information content (AvgIpc) is 3.10. The number of urea groups is 1. The molecule has 0 radical (unpaired) electrons. The maximum Gasteiger partial charge on any atom is 0.317 e. The standard InChI is InChI=1S/C17H28N6O2/c1-4-21(5-2)15(24)13-12-23(20-19-13)14-6-7-17(14)8-10-22(11-9-17)16(25)18-3/h12,14H,4-11H2,1-3H3,(H,18,25). The first kappa shape index (κ1) is 17.7. The number of amides is 3. The van der Waals surface area contributed by atoms with Crippen LogP contribution in [0.25, 0.3) is 0 Å². The van der Waals surface area contributed by atoms with Crippen molar-refractivity contribution in [2.45, 2.75) is 45.6 Å². The van der Waals surface area contributed by atoms with E-state index in [1.807, 2.05) is 23.4 Å². The van der Waals surface area contributed by atoms with Crippen molar-refractivity contribution in [1.29, 1.82) is 0 Å². The van der Waals surface area contributed by atoms with Crippen LogP contribution in [0.1, 0.15) is 56.1 Å². The van der Waals surface area contributed by atoms with Gasteiger partial charge in [0.25, 0.3) is 5.91 Å². The number of nitrogens with zero attached hydrogens (tertiary/aromatic N) is 5. The molecule has 2 aliphatic rings. The fourth-order valence-electron chi connectivity index (χ4n) is 4.19. The lowest BCUT2D eigenvalue weighted by Gasteiger charge is -2.53. The molecule has 1 N–H and O–H groups in total. The first-order valence-electron chi connectivity index (χ1n) is 9.22. The molecule has 25 heavy (non-hydrogen) atoms.